The van der Waals surface area contributed by atoms with Gasteiger partial charge in [0.15, 0.2) is 0 Å². The molecule has 0 spiro atoms. The van der Waals surface area contributed by atoms with Crippen molar-refractivity contribution in [2.75, 3.05) is 30.9 Å². The standard InChI is InChI=1S/C27H37N3O3.ClH/c1-7-8-9-10-24(31)30-14-13-20-11-12-21(29(5)6)16-22(20)25(30)27(33)28-23-15-17(2)26(32)19(4)18(23)3;/h11-12,15-16,25,32H,7-10,13-14H2,1-6H3,(H,28,33);1H. The first-order valence-electron chi connectivity index (χ1n) is 11.9. The number of phenolic OH excluding ortho intramolecular Hbond substituents is 1. The molecule has 1 heterocycles. The molecular formula is C27H38ClN3O3. The lowest BCUT2D eigenvalue weighted by Gasteiger charge is -2.37. The van der Waals surface area contributed by atoms with Crippen molar-refractivity contribution in [2.45, 2.75) is 65.8 Å². The van der Waals surface area contributed by atoms with E-state index in [1.165, 1.54) is 0 Å². The maximum Gasteiger partial charge on any atom is 0.251 e. The zero-order chi connectivity index (χ0) is 24.3. The minimum atomic E-state index is -0.684. The fourth-order valence-electron chi connectivity index (χ4n) is 4.50. The monoisotopic (exact) mass is 487 g/mol. The van der Waals surface area contributed by atoms with E-state index in [1.54, 1.807) is 11.0 Å². The number of fused-ring (bicyclic) bond motifs is 1. The molecule has 6 nitrogen and oxygen atoms in total. The van der Waals surface area contributed by atoms with Crippen LogP contribution in [0.5, 0.6) is 5.75 Å². The summed E-state index contributed by atoms with van der Waals surface area (Å²) in [7, 11) is 3.94. The molecule has 1 atom stereocenters. The van der Waals surface area contributed by atoms with Gasteiger partial charge in [-0.2, -0.15) is 0 Å². The molecular weight excluding hydrogens is 450 g/mol. The largest absolute Gasteiger partial charge is 0.507 e. The molecule has 0 aromatic heterocycles. The Morgan fingerprint density at radius 2 is 1.82 bits per heavy atom. The second-order valence-corrected chi connectivity index (χ2v) is 9.30. The number of unbranched alkanes of at least 4 members (excludes halogenated alkanes) is 2. The number of benzene rings is 2. The van der Waals surface area contributed by atoms with Crippen LogP contribution < -0.4 is 10.2 Å². The summed E-state index contributed by atoms with van der Waals surface area (Å²) in [5.41, 5.74) is 5.94. The van der Waals surface area contributed by atoms with Crippen LogP contribution in [0.3, 0.4) is 0 Å². The summed E-state index contributed by atoms with van der Waals surface area (Å²) in [5.74, 6) is 0.0550. The van der Waals surface area contributed by atoms with E-state index in [1.807, 2.05) is 45.8 Å². The Labute approximate surface area is 209 Å². The van der Waals surface area contributed by atoms with Crippen LogP contribution in [0.1, 0.15) is 66.5 Å². The molecule has 0 fully saturated rings. The van der Waals surface area contributed by atoms with Crippen LogP contribution in [-0.4, -0.2) is 42.5 Å². The molecule has 0 saturated heterocycles. The fourth-order valence-corrected chi connectivity index (χ4v) is 4.50. The number of carbonyl (C=O) groups is 2. The number of phenols is 1. The molecule has 0 saturated carbocycles. The minimum absolute atomic E-state index is 0. The Kier molecular flexibility index (Phi) is 9.39. The van der Waals surface area contributed by atoms with E-state index in [0.29, 0.717) is 24.2 Å². The normalized spacial score (nSPS) is 14.8. The first kappa shape index (κ1) is 27.5. The molecule has 1 aliphatic heterocycles. The number of carbonyl (C=O) groups excluding carboxylic acids is 2. The summed E-state index contributed by atoms with van der Waals surface area (Å²) >= 11 is 0. The first-order valence-corrected chi connectivity index (χ1v) is 11.9. The van der Waals surface area contributed by atoms with Crippen LogP contribution in [0, 0.1) is 20.8 Å². The predicted molar refractivity (Wildman–Crippen MR) is 141 cm³/mol. The number of hydrogen-bond donors (Lipinski definition) is 2. The SMILES string of the molecule is CCCCCC(=O)N1CCc2ccc(N(C)C)cc2C1C(=O)Nc1cc(C)c(O)c(C)c1C.Cl. The molecule has 1 unspecified atom stereocenters. The number of nitrogens with zero attached hydrogens (tertiary/aromatic N) is 2. The van der Waals surface area contributed by atoms with Crippen molar-refractivity contribution in [2.24, 2.45) is 0 Å². The van der Waals surface area contributed by atoms with Crippen molar-refractivity contribution >= 4 is 35.6 Å². The van der Waals surface area contributed by atoms with Crippen LogP contribution >= 0.6 is 12.4 Å². The highest BCUT2D eigenvalue weighted by Gasteiger charge is 2.36. The third-order valence-electron chi connectivity index (χ3n) is 6.75. The van der Waals surface area contributed by atoms with Gasteiger partial charge in [-0.15, -0.1) is 12.4 Å². The Balaban J connectivity index is 0.00000408. The molecule has 7 heteroatoms. The number of nitrogens with one attached hydrogen (secondary N) is 1. The molecule has 2 aromatic rings. The average molecular weight is 488 g/mol. The average Bonchev–Trinajstić information content (AvgIpc) is 2.79. The highest BCUT2D eigenvalue weighted by atomic mass is 35.5. The van der Waals surface area contributed by atoms with Gasteiger partial charge in [0, 0.05) is 38.4 Å². The second-order valence-electron chi connectivity index (χ2n) is 9.30. The van der Waals surface area contributed by atoms with Crippen molar-refractivity contribution in [1.29, 1.82) is 0 Å². The lowest BCUT2D eigenvalue weighted by molar-refractivity contribution is -0.139. The lowest BCUT2D eigenvalue weighted by atomic mass is 9.90. The molecule has 34 heavy (non-hydrogen) atoms. The van der Waals surface area contributed by atoms with Crippen molar-refractivity contribution in [1.82, 2.24) is 4.90 Å². The van der Waals surface area contributed by atoms with Crippen LogP contribution in [0.15, 0.2) is 24.3 Å². The van der Waals surface area contributed by atoms with E-state index in [0.717, 1.165) is 53.6 Å². The number of aromatic hydroxyl groups is 1. The smallest absolute Gasteiger partial charge is 0.251 e. The number of hydrogen-bond acceptors (Lipinski definition) is 4. The Morgan fingerprint density at radius 1 is 1.12 bits per heavy atom. The third-order valence-corrected chi connectivity index (χ3v) is 6.75. The number of halogens is 1. The van der Waals surface area contributed by atoms with Gasteiger partial charge in [0.25, 0.3) is 5.91 Å². The zero-order valence-corrected chi connectivity index (χ0v) is 22.0. The van der Waals surface area contributed by atoms with E-state index in [4.69, 9.17) is 0 Å². The van der Waals surface area contributed by atoms with Crippen molar-refractivity contribution in [3.8, 4) is 5.75 Å². The Bertz CT molecular complexity index is 1050. The van der Waals surface area contributed by atoms with Gasteiger partial charge in [-0.05, 0) is 79.6 Å². The van der Waals surface area contributed by atoms with Gasteiger partial charge >= 0.3 is 0 Å². The highest BCUT2D eigenvalue weighted by molar-refractivity contribution is 5.99. The van der Waals surface area contributed by atoms with Gasteiger partial charge in [0.2, 0.25) is 5.91 Å². The Morgan fingerprint density at radius 3 is 2.47 bits per heavy atom. The molecule has 2 N–H and O–H groups in total. The van der Waals surface area contributed by atoms with Crippen LogP contribution in [-0.2, 0) is 16.0 Å². The number of rotatable bonds is 7. The molecule has 0 aliphatic carbocycles. The van der Waals surface area contributed by atoms with E-state index < -0.39 is 6.04 Å². The van der Waals surface area contributed by atoms with Crippen LogP contribution in [0.25, 0.3) is 0 Å². The van der Waals surface area contributed by atoms with Gasteiger partial charge in [-0.1, -0.05) is 25.8 Å². The maximum atomic E-state index is 13.7. The number of anilines is 2. The molecule has 0 bridgehead atoms. The molecule has 186 valence electrons. The van der Waals surface area contributed by atoms with Crippen molar-refractivity contribution in [3.05, 3.63) is 52.1 Å². The molecule has 0 radical (unpaired) electrons. The molecule has 1 aliphatic rings. The van der Waals surface area contributed by atoms with Gasteiger partial charge in [0.1, 0.15) is 11.8 Å². The predicted octanol–water partition coefficient (Wildman–Crippen LogP) is 5.45. The summed E-state index contributed by atoms with van der Waals surface area (Å²) in [5, 5.41) is 13.3. The number of amides is 2. The zero-order valence-electron chi connectivity index (χ0n) is 21.2. The third kappa shape index (κ3) is 5.66. The maximum absolute atomic E-state index is 13.7. The minimum Gasteiger partial charge on any atom is -0.507 e. The quantitative estimate of drug-likeness (QED) is 0.402. The first-order chi connectivity index (χ1) is 15.6. The topological polar surface area (TPSA) is 72.9 Å². The van der Waals surface area contributed by atoms with Crippen LogP contribution in [0.4, 0.5) is 11.4 Å². The van der Waals surface area contributed by atoms with Gasteiger partial charge < -0.3 is 20.2 Å². The van der Waals surface area contributed by atoms with E-state index in [9.17, 15) is 14.7 Å². The van der Waals surface area contributed by atoms with E-state index >= 15 is 0 Å². The summed E-state index contributed by atoms with van der Waals surface area (Å²) in [6.45, 7) is 8.20. The van der Waals surface area contributed by atoms with Crippen molar-refractivity contribution < 1.29 is 14.7 Å². The summed E-state index contributed by atoms with van der Waals surface area (Å²) in [6, 6.07) is 7.28. The van der Waals surface area contributed by atoms with E-state index in [-0.39, 0.29) is 30.0 Å². The van der Waals surface area contributed by atoms with Crippen LogP contribution in [0.2, 0.25) is 0 Å². The molecule has 2 amide bonds. The van der Waals surface area contributed by atoms with Gasteiger partial charge in [-0.3, -0.25) is 9.59 Å². The van der Waals surface area contributed by atoms with Gasteiger partial charge in [0.05, 0.1) is 0 Å². The molecule has 3 rings (SSSR count). The highest BCUT2D eigenvalue weighted by Crippen LogP contribution is 2.36. The molecule has 2 aromatic carbocycles. The second kappa shape index (κ2) is 11.6. The lowest BCUT2D eigenvalue weighted by Crippen LogP contribution is -2.45. The summed E-state index contributed by atoms with van der Waals surface area (Å²) < 4.78 is 0. The summed E-state index contributed by atoms with van der Waals surface area (Å²) in [4.78, 5) is 30.7. The van der Waals surface area contributed by atoms with Gasteiger partial charge in [-0.25, -0.2) is 0 Å². The summed E-state index contributed by atoms with van der Waals surface area (Å²) in [6.07, 6.45) is 4.08. The number of aryl methyl sites for hydroxylation is 1. The Hall–Kier alpha value is -2.73. The fraction of sp³-hybridized carbons (Fsp3) is 0.481. The van der Waals surface area contributed by atoms with Crippen molar-refractivity contribution in [3.63, 3.8) is 0 Å². The van der Waals surface area contributed by atoms with E-state index in [2.05, 4.69) is 24.4 Å².